The molecule has 0 atom stereocenters. The lowest BCUT2D eigenvalue weighted by Crippen LogP contribution is -2.42. The van der Waals surface area contributed by atoms with Crippen LogP contribution in [0.25, 0.3) is 10.9 Å². The summed E-state index contributed by atoms with van der Waals surface area (Å²) in [6, 6.07) is 6.69. The Balaban J connectivity index is 2.14. The number of aliphatic carboxylic acids is 1. The fraction of sp³-hybridized carbons (Fsp3) is 0.471. The van der Waals surface area contributed by atoms with E-state index in [0.717, 1.165) is 25.7 Å². The summed E-state index contributed by atoms with van der Waals surface area (Å²) >= 11 is 0. The molecule has 0 aliphatic heterocycles. The van der Waals surface area contributed by atoms with Gasteiger partial charge in [0, 0.05) is 6.54 Å². The van der Waals surface area contributed by atoms with E-state index in [0.29, 0.717) is 23.4 Å². The van der Waals surface area contributed by atoms with E-state index in [4.69, 9.17) is 5.11 Å². The van der Waals surface area contributed by atoms with E-state index < -0.39 is 18.2 Å². The third-order valence-electron chi connectivity index (χ3n) is 4.59. The number of carbonyl (C=O) groups is 1. The van der Waals surface area contributed by atoms with Crippen LogP contribution in [0.1, 0.15) is 32.1 Å². The van der Waals surface area contributed by atoms with Crippen molar-refractivity contribution in [2.45, 2.75) is 45.2 Å². The van der Waals surface area contributed by atoms with Crippen LogP contribution in [0.4, 0.5) is 0 Å². The number of hydrogen-bond acceptors (Lipinski definition) is 3. The van der Waals surface area contributed by atoms with Crippen molar-refractivity contribution in [3.05, 3.63) is 45.1 Å². The Morgan fingerprint density at radius 1 is 1.09 bits per heavy atom. The van der Waals surface area contributed by atoms with Gasteiger partial charge in [-0.1, -0.05) is 31.4 Å². The van der Waals surface area contributed by atoms with Crippen molar-refractivity contribution in [3.8, 4) is 0 Å². The largest absolute Gasteiger partial charge is 0.480 e. The van der Waals surface area contributed by atoms with Gasteiger partial charge >= 0.3 is 11.7 Å². The SMILES string of the molecule is O=C(O)Cn1c(=O)n(CC2CCCCC2)c(=O)c2ccccc21. The van der Waals surface area contributed by atoms with Crippen molar-refractivity contribution in [1.82, 2.24) is 9.13 Å². The molecule has 0 bridgehead atoms. The maximum atomic E-state index is 12.7. The van der Waals surface area contributed by atoms with E-state index in [1.165, 1.54) is 15.6 Å². The number of carboxylic acid groups (broad SMARTS) is 1. The third kappa shape index (κ3) is 3.06. The minimum Gasteiger partial charge on any atom is -0.480 e. The van der Waals surface area contributed by atoms with Crippen LogP contribution in [0.3, 0.4) is 0 Å². The number of rotatable bonds is 4. The summed E-state index contributed by atoms with van der Waals surface area (Å²) in [6.07, 6.45) is 5.47. The van der Waals surface area contributed by atoms with Gasteiger partial charge in [-0.15, -0.1) is 0 Å². The molecule has 0 radical (unpaired) electrons. The molecule has 1 fully saturated rings. The topological polar surface area (TPSA) is 81.3 Å². The molecule has 3 rings (SSSR count). The van der Waals surface area contributed by atoms with Crippen LogP contribution in [-0.4, -0.2) is 20.2 Å². The van der Waals surface area contributed by atoms with E-state index in [2.05, 4.69) is 0 Å². The lowest BCUT2D eigenvalue weighted by atomic mass is 9.89. The van der Waals surface area contributed by atoms with Crippen LogP contribution < -0.4 is 11.2 Å². The Bertz CT molecular complexity index is 844. The minimum atomic E-state index is -1.10. The Kier molecular flexibility index (Phi) is 4.32. The number of fused-ring (bicyclic) bond motifs is 1. The number of nitrogens with zero attached hydrogens (tertiary/aromatic N) is 2. The normalized spacial score (nSPS) is 15.8. The van der Waals surface area contributed by atoms with E-state index in [-0.39, 0.29) is 5.56 Å². The molecule has 6 nitrogen and oxygen atoms in total. The van der Waals surface area contributed by atoms with Gasteiger partial charge in [-0.05, 0) is 30.9 Å². The summed E-state index contributed by atoms with van der Waals surface area (Å²) < 4.78 is 2.41. The molecule has 1 saturated carbocycles. The maximum Gasteiger partial charge on any atom is 0.332 e. The summed E-state index contributed by atoms with van der Waals surface area (Å²) in [5.74, 6) is -0.784. The number of aromatic nitrogens is 2. The quantitative estimate of drug-likeness (QED) is 0.933. The molecule has 1 aliphatic rings. The van der Waals surface area contributed by atoms with Gasteiger partial charge in [0.1, 0.15) is 6.54 Å². The Hall–Kier alpha value is -2.37. The zero-order valence-corrected chi connectivity index (χ0v) is 12.9. The van der Waals surface area contributed by atoms with Crippen LogP contribution in [0.15, 0.2) is 33.9 Å². The monoisotopic (exact) mass is 316 g/mol. The Morgan fingerprint density at radius 2 is 1.78 bits per heavy atom. The molecule has 1 aromatic carbocycles. The molecule has 1 N–H and O–H groups in total. The number of para-hydroxylation sites is 1. The summed E-state index contributed by atoms with van der Waals surface area (Å²) in [6.45, 7) is -0.0631. The van der Waals surface area contributed by atoms with Gasteiger partial charge in [-0.3, -0.25) is 18.7 Å². The van der Waals surface area contributed by atoms with E-state index in [1.54, 1.807) is 24.3 Å². The highest BCUT2D eigenvalue weighted by Gasteiger charge is 2.19. The average Bonchev–Trinajstić information content (AvgIpc) is 2.56. The molecule has 1 aromatic heterocycles. The van der Waals surface area contributed by atoms with Crippen molar-refractivity contribution >= 4 is 16.9 Å². The first kappa shape index (κ1) is 15.5. The standard InChI is InChI=1S/C17H20N2O4/c20-15(21)11-18-14-9-5-4-8-13(14)16(22)19(17(18)23)10-12-6-2-1-3-7-12/h4-5,8-9,12H,1-3,6-7,10-11H2,(H,20,21). The summed E-state index contributed by atoms with van der Waals surface area (Å²) in [7, 11) is 0. The molecular weight excluding hydrogens is 296 g/mol. The second-order valence-electron chi connectivity index (χ2n) is 6.20. The van der Waals surface area contributed by atoms with Crippen molar-refractivity contribution in [1.29, 1.82) is 0 Å². The molecular formula is C17H20N2O4. The highest BCUT2D eigenvalue weighted by Crippen LogP contribution is 2.24. The second-order valence-corrected chi connectivity index (χ2v) is 6.20. The molecule has 0 saturated heterocycles. The first-order valence-electron chi connectivity index (χ1n) is 8.02. The van der Waals surface area contributed by atoms with E-state index in [1.807, 2.05) is 0 Å². The predicted octanol–water partition coefficient (Wildman–Crippen LogP) is 1.83. The minimum absolute atomic E-state index is 0.314. The maximum absolute atomic E-state index is 12.7. The lowest BCUT2D eigenvalue weighted by Gasteiger charge is -2.22. The van der Waals surface area contributed by atoms with Gasteiger partial charge < -0.3 is 5.11 Å². The van der Waals surface area contributed by atoms with E-state index >= 15 is 0 Å². The molecule has 122 valence electrons. The van der Waals surface area contributed by atoms with Crippen molar-refractivity contribution in [3.63, 3.8) is 0 Å². The van der Waals surface area contributed by atoms with E-state index in [9.17, 15) is 14.4 Å². The first-order valence-corrected chi connectivity index (χ1v) is 8.02. The van der Waals surface area contributed by atoms with Crippen molar-refractivity contribution < 1.29 is 9.90 Å². The first-order chi connectivity index (χ1) is 11.1. The molecule has 0 amide bonds. The van der Waals surface area contributed by atoms with Crippen LogP contribution in [0, 0.1) is 5.92 Å². The third-order valence-corrected chi connectivity index (χ3v) is 4.59. The van der Waals surface area contributed by atoms with Crippen LogP contribution in [0.5, 0.6) is 0 Å². The predicted molar refractivity (Wildman–Crippen MR) is 86.7 cm³/mol. The zero-order valence-electron chi connectivity index (χ0n) is 12.9. The van der Waals surface area contributed by atoms with Crippen LogP contribution in [-0.2, 0) is 17.9 Å². The molecule has 0 unspecified atom stereocenters. The number of benzene rings is 1. The summed E-state index contributed by atoms with van der Waals surface area (Å²) in [4.78, 5) is 36.4. The second kappa shape index (κ2) is 6.40. The molecule has 0 spiro atoms. The Morgan fingerprint density at radius 3 is 2.48 bits per heavy atom. The summed E-state index contributed by atoms with van der Waals surface area (Å²) in [5.41, 5.74) is -0.468. The molecule has 1 aliphatic carbocycles. The summed E-state index contributed by atoms with van der Waals surface area (Å²) in [5, 5.41) is 9.48. The van der Waals surface area contributed by atoms with Crippen LogP contribution in [0.2, 0.25) is 0 Å². The number of hydrogen-bond donors (Lipinski definition) is 1. The van der Waals surface area contributed by atoms with Crippen molar-refractivity contribution in [2.75, 3.05) is 0 Å². The van der Waals surface area contributed by atoms with Gasteiger partial charge in [0.2, 0.25) is 0 Å². The Labute approximate surface area is 133 Å². The van der Waals surface area contributed by atoms with Crippen LogP contribution >= 0.6 is 0 Å². The van der Waals surface area contributed by atoms with Gasteiger partial charge in [-0.25, -0.2) is 4.79 Å². The zero-order chi connectivity index (χ0) is 16.4. The van der Waals surface area contributed by atoms with Gasteiger partial charge in [0.25, 0.3) is 5.56 Å². The highest BCUT2D eigenvalue weighted by molar-refractivity contribution is 5.79. The molecule has 1 heterocycles. The molecule has 23 heavy (non-hydrogen) atoms. The highest BCUT2D eigenvalue weighted by atomic mass is 16.4. The number of carboxylic acids is 1. The molecule has 2 aromatic rings. The van der Waals surface area contributed by atoms with Crippen molar-refractivity contribution in [2.24, 2.45) is 5.92 Å². The fourth-order valence-corrected chi connectivity index (χ4v) is 3.45. The molecule has 6 heteroatoms. The lowest BCUT2D eigenvalue weighted by molar-refractivity contribution is -0.137. The average molecular weight is 316 g/mol. The smallest absolute Gasteiger partial charge is 0.332 e. The van der Waals surface area contributed by atoms with Gasteiger partial charge in [-0.2, -0.15) is 0 Å². The van der Waals surface area contributed by atoms with Gasteiger partial charge in [0.15, 0.2) is 0 Å². The fourth-order valence-electron chi connectivity index (χ4n) is 3.45. The van der Waals surface area contributed by atoms with Gasteiger partial charge in [0.05, 0.1) is 10.9 Å².